The van der Waals surface area contributed by atoms with E-state index in [2.05, 4.69) is 22.1 Å². The third-order valence-corrected chi connectivity index (χ3v) is 5.93. The van der Waals surface area contributed by atoms with Gasteiger partial charge in [-0.2, -0.15) is 0 Å². The summed E-state index contributed by atoms with van der Waals surface area (Å²) in [4.78, 5) is 23.2. The molecule has 0 radical (unpaired) electrons. The Hall–Kier alpha value is -1.28. The van der Waals surface area contributed by atoms with Crippen LogP contribution in [0.5, 0.6) is 0 Å². The zero-order chi connectivity index (χ0) is 17.9. The van der Waals surface area contributed by atoms with Crippen LogP contribution in [0.15, 0.2) is 20.9 Å². The molecular weight excluding hydrogens is 356 g/mol. The van der Waals surface area contributed by atoms with Gasteiger partial charge in [-0.15, -0.1) is 11.3 Å². The smallest absolute Gasteiger partial charge is 0.310 e. The Morgan fingerprint density at radius 3 is 3.16 bits per heavy atom. The molecule has 1 fully saturated rings. The summed E-state index contributed by atoms with van der Waals surface area (Å²) < 4.78 is 6.30. The number of carbonyl (C=O) groups excluding carboxylic acids is 1. The molecule has 6 nitrogen and oxygen atoms in total. The average Bonchev–Trinajstić information content (AvgIpc) is 3.14. The van der Waals surface area contributed by atoms with Gasteiger partial charge in [-0.25, -0.2) is 4.98 Å². The van der Waals surface area contributed by atoms with E-state index in [-0.39, 0.29) is 11.9 Å². The molecule has 0 aliphatic carbocycles. The molecule has 140 valence electrons. The van der Waals surface area contributed by atoms with E-state index in [0.717, 1.165) is 54.9 Å². The van der Waals surface area contributed by atoms with Crippen molar-refractivity contribution in [2.45, 2.75) is 37.4 Å². The van der Waals surface area contributed by atoms with Gasteiger partial charge in [-0.1, -0.05) is 11.8 Å². The van der Waals surface area contributed by atoms with Crippen molar-refractivity contribution in [3.8, 4) is 0 Å². The van der Waals surface area contributed by atoms with E-state index >= 15 is 0 Å². The summed E-state index contributed by atoms with van der Waals surface area (Å²) in [6.45, 7) is 7.61. The second-order valence-electron chi connectivity index (χ2n) is 5.77. The number of thioether (sulfide) groups is 1. The topological polar surface area (TPSA) is 66.8 Å². The van der Waals surface area contributed by atoms with Crippen LogP contribution in [0.4, 0.5) is 0 Å². The fraction of sp³-hybridized carbons (Fsp3) is 0.706. The van der Waals surface area contributed by atoms with Crippen LogP contribution in [-0.4, -0.2) is 60.4 Å². The zero-order valence-corrected chi connectivity index (χ0v) is 16.7. The van der Waals surface area contributed by atoms with Crippen LogP contribution in [0.25, 0.3) is 0 Å². The van der Waals surface area contributed by atoms with Crippen molar-refractivity contribution in [3.05, 3.63) is 11.6 Å². The standard InChI is InChI=1S/C17H28N4O2S2/c1-3-18-16(19-8-6-11-24-17-20-9-12-25-17)21-10-5-7-14(13-21)15(22)23-4-2/h9,12,14H,3-8,10-11,13H2,1-2H3,(H,18,19). The highest BCUT2D eigenvalue weighted by Crippen LogP contribution is 2.21. The number of esters is 1. The van der Waals surface area contributed by atoms with Crippen LogP contribution in [0, 0.1) is 5.92 Å². The molecule has 8 heteroatoms. The van der Waals surface area contributed by atoms with Gasteiger partial charge >= 0.3 is 5.97 Å². The first-order valence-electron chi connectivity index (χ1n) is 8.96. The number of aromatic nitrogens is 1. The van der Waals surface area contributed by atoms with Crippen LogP contribution in [0.3, 0.4) is 0 Å². The number of piperidine rings is 1. The molecule has 25 heavy (non-hydrogen) atoms. The lowest BCUT2D eigenvalue weighted by molar-refractivity contribution is -0.149. The second kappa shape index (κ2) is 11.4. The molecular formula is C17H28N4O2S2. The molecule has 1 aliphatic heterocycles. The van der Waals surface area contributed by atoms with Crippen LogP contribution in [0.2, 0.25) is 0 Å². The molecule has 0 aromatic carbocycles. The van der Waals surface area contributed by atoms with E-state index in [9.17, 15) is 4.79 Å². The van der Waals surface area contributed by atoms with Gasteiger partial charge in [0.2, 0.25) is 0 Å². The van der Waals surface area contributed by atoms with E-state index in [0.29, 0.717) is 13.2 Å². The molecule has 1 unspecified atom stereocenters. The Morgan fingerprint density at radius 1 is 1.56 bits per heavy atom. The molecule has 2 heterocycles. The molecule has 0 amide bonds. The first kappa shape index (κ1) is 20.0. The third kappa shape index (κ3) is 6.86. The van der Waals surface area contributed by atoms with Gasteiger partial charge in [-0.05, 0) is 33.1 Å². The number of hydrogen-bond acceptors (Lipinski definition) is 6. The predicted molar refractivity (Wildman–Crippen MR) is 104 cm³/mol. The van der Waals surface area contributed by atoms with Gasteiger partial charge < -0.3 is 15.0 Å². The fourth-order valence-electron chi connectivity index (χ4n) is 2.74. The van der Waals surface area contributed by atoms with Crippen molar-refractivity contribution in [1.82, 2.24) is 15.2 Å². The summed E-state index contributed by atoms with van der Waals surface area (Å²) in [6.07, 6.45) is 4.74. The highest BCUT2D eigenvalue weighted by atomic mass is 32.2. The highest BCUT2D eigenvalue weighted by Gasteiger charge is 2.28. The summed E-state index contributed by atoms with van der Waals surface area (Å²) in [5.41, 5.74) is 0. The normalized spacial score (nSPS) is 18.2. The summed E-state index contributed by atoms with van der Waals surface area (Å²) in [7, 11) is 0. The molecule has 1 saturated heterocycles. The van der Waals surface area contributed by atoms with E-state index in [1.807, 2.05) is 18.5 Å². The molecule has 0 bridgehead atoms. The van der Waals surface area contributed by atoms with Gasteiger partial charge in [0.05, 0.1) is 12.5 Å². The van der Waals surface area contributed by atoms with Crippen molar-refractivity contribution in [2.24, 2.45) is 10.9 Å². The Morgan fingerprint density at radius 2 is 2.44 bits per heavy atom. The lowest BCUT2D eigenvalue weighted by Gasteiger charge is -2.34. The number of ether oxygens (including phenoxy) is 1. The summed E-state index contributed by atoms with van der Waals surface area (Å²) in [5.74, 6) is 1.80. The van der Waals surface area contributed by atoms with E-state index in [4.69, 9.17) is 9.73 Å². The lowest BCUT2D eigenvalue weighted by Crippen LogP contribution is -2.48. The van der Waals surface area contributed by atoms with E-state index < -0.39 is 0 Å². The monoisotopic (exact) mass is 384 g/mol. The number of carbonyl (C=O) groups is 1. The number of aliphatic imine (C=N–C) groups is 1. The number of rotatable bonds is 8. The lowest BCUT2D eigenvalue weighted by atomic mass is 9.98. The summed E-state index contributed by atoms with van der Waals surface area (Å²) in [6, 6.07) is 0. The minimum atomic E-state index is -0.0807. The number of guanidine groups is 1. The van der Waals surface area contributed by atoms with Crippen molar-refractivity contribution < 1.29 is 9.53 Å². The Labute approximate surface area is 158 Å². The van der Waals surface area contributed by atoms with Crippen molar-refractivity contribution in [3.63, 3.8) is 0 Å². The molecule has 2 rings (SSSR count). The maximum atomic E-state index is 12.0. The first-order valence-corrected chi connectivity index (χ1v) is 10.8. The maximum Gasteiger partial charge on any atom is 0.310 e. The van der Waals surface area contributed by atoms with Gasteiger partial charge in [0.15, 0.2) is 5.96 Å². The van der Waals surface area contributed by atoms with Gasteiger partial charge in [-0.3, -0.25) is 9.79 Å². The Bertz CT molecular complexity index is 537. The minimum absolute atomic E-state index is 0.0435. The van der Waals surface area contributed by atoms with Crippen molar-refractivity contribution in [2.75, 3.05) is 38.5 Å². The number of nitrogens with one attached hydrogen (secondary N) is 1. The molecule has 1 aliphatic rings. The van der Waals surface area contributed by atoms with Gasteiger partial charge in [0.25, 0.3) is 0 Å². The van der Waals surface area contributed by atoms with Gasteiger partial charge in [0, 0.05) is 43.5 Å². The molecule has 1 N–H and O–H groups in total. The van der Waals surface area contributed by atoms with Crippen LogP contribution in [-0.2, 0) is 9.53 Å². The highest BCUT2D eigenvalue weighted by molar-refractivity contribution is 8.00. The average molecular weight is 385 g/mol. The summed E-state index contributed by atoms with van der Waals surface area (Å²) >= 11 is 3.46. The third-order valence-electron chi connectivity index (χ3n) is 3.87. The molecule has 1 atom stereocenters. The van der Waals surface area contributed by atoms with Crippen molar-refractivity contribution >= 4 is 35.0 Å². The van der Waals surface area contributed by atoms with Crippen molar-refractivity contribution in [1.29, 1.82) is 0 Å². The largest absolute Gasteiger partial charge is 0.466 e. The SMILES string of the molecule is CCNC(=NCCCSc1nccs1)N1CCCC(C(=O)OCC)C1. The van der Waals surface area contributed by atoms with Crippen LogP contribution in [0.1, 0.15) is 33.1 Å². The number of hydrogen-bond donors (Lipinski definition) is 1. The fourth-order valence-corrected chi connectivity index (χ4v) is 4.37. The number of likely N-dealkylation sites (tertiary alicyclic amines) is 1. The van der Waals surface area contributed by atoms with Gasteiger partial charge in [0.1, 0.15) is 4.34 Å². The molecule has 0 saturated carbocycles. The number of nitrogens with zero attached hydrogens (tertiary/aromatic N) is 3. The zero-order valence-electron chi connectivity index (χ0n) is 15.1. The quantitative estimate of drug-likeness (QED) is 0.244. The summed E-state index contributed by atoms with van der Waals surface area (Å²) in [5, 5.41) is 5.36. The van der Waals surface area contributed by atoms with E-state index in [1.165, 1.54) is 0 Å². The minimum Gasteiger partial charge on any atom is -0.466 e. The maximum absolute atomic E-state index is 12.0. The first-order chi connectivity index (χ1) is 12.2. The predicted octanol–water partition coefficient (Wildman–Crippen LogP) is 2.87. The molecule has 1 aromatic rings. The van der Waals surface area contributed by atoms with Crippen LogP contribution >= 0.6 is 23.1 Å². The Kier molecular flexibility index (Phi) is 9.10. The Balaban J connectivity index is 1.81. The second-order valence-corrected chi connectivity index (χ2v) is 8.01. The van der Waals surface area contributed by atoms with Crippen LogP contribution < -0.4 is 5.32 Å². The molecule has 0 spiro atoms. The molecule has 1 aromatic heterocycles. The number of thiazole rings is 1. The van der Waals surface area contributed by atoms with E-state index in [1.54, 1.807) is 23.1 Å².